The third-order valence-corrected chi connectivity index (χ3v) is 3.08. The number of rotatable bonds is 4. The SMILES string of the molecule is O=C(/C=C/c1ccncc1NC(=O)c1cccc(C(F)(F)F)c1)NO. The minimum absolute atomic E-state index is 0.179. The Balaban J connectivity index is 2.24. The van der Waals surface area contributed by atoms with Gasteiger partial charge in [-0.15, -0.1) is 0 Å². The number of amides is 2. The van der Waals surface area contributed by atoms with E-state index in [1.54, 1.807) is 0 Å². The van der Waals surface area contributed by atoms with E-state index in [1.807, 2.05) is 0 Å². The summed E-state index contributed by atoms with van der Waals surface area (Å²) in [5.41, 5.74) is 0.850. The zero-order chi connectivity index (χ0) is 18.4. The lowest BCUT2D eigenvalue weighted by Gasteiger charge is -2.10. The average molecular weight is 351 g/mol. The van der Waals surface area contributed by atoms with Gasteiger partial charge in [0.15, 0.2) is 0 Å². The first-order valence-electron chi connectivity index (χ1n) is 6.86. The fourth-order valence-electron chi connectivity index (χ4n) is 1.89. The molecule has 1 aromatic heterocycles. The second kappa shape index (κ2) is 7.58. The van der Waals surface area contributed by atoms with Crippen LogP contribution in [0.3, 0.4) is 0 Å². The average Bonchev–Trinajstić information content (AvgIpc) is 2.60. The molecule has 6 nitrogen and oxygen atoms in total. The van der Waals surface area contributed by atoms with Crippen LogP contribution in [0.4, 0.5) is 18.9 Å². The second-order valence-corrected chi connectivity index (χ2v) is 4.81. The van der Waals surface area contributed by atoms with Crippen molar-refractivity contribution >= 4 is 23.6 Å². The molecule has 0 unspecified atom stereocenters. The molecule has 0 radical (unpaired) electrons. The molecular formula is C16H12F3N3O3. The molecule has 2 aromatic rings. The van der Waals surface area contributed by atoms with Crippen LogP contribution in [0, 0.1) is 0 Å². The van der Waals surface area contributed by atoms with Crippen molar-refractivity contribution in [3.63, 3.8) is 0 Å². The summed E-state index contributed by atoms with van der Waals surface area (Å²) in [6.07, 6.45) is 0.429. The molecule has 2 rings (SSSR count). The Morgan fingerprint density at radius 2 is 1.96 bits per heavy atom. The molecule has 3 N–H and O–H groups in total. The first-order valence-corrected chi connectivity index (χ1v) is 6.86. The third-order valence-electron chi connectivity index (χ3n) is 3.08. The molecule has 0 aliphatic heterocycles. The van der Waals surface area contributed by atoms with Gasteiger partial charge in [-0.1, -0.05) is 6.07 Å². The molecule has 1 heterocycles. The standard InChI is InChI=1S/C16H12F3N3O3/c17-16(18,19)12-3-1-2-11(8-12)15(24)21-13-9-20-7-6-10(13)4-5-14(23)22-25/h1-9,25H,(H,21,24)(H,22,23)/b5-4+. The van der Waals surface area contributed by atoms with Gasteiger partial charge in [-0.25, -0.2) is 5.48 Å². The van der Waals surface area contributed by atoms with Gasteiger partial charge in [-0.2, -0.15) is 13.2 Å². The van der Waals surface area contributed by atoms with Gasteiger partial charge >= 0.3 is 6.18 Å². The van der Waals surface area contributed by atoms with Crippen molar-refractivity contribution in [3.8, 4) is 0 Å². The van der Waals surface area contributed by atoms with Crippen LogP contribution in [-0.2, 0) is 11.0 Å². The molecule has 0 bridgehead atoms. The Bertz CT molecular complexity index is 820. The quantitative estimate of drug-likeness (QED) is 0.449. The van der Waals surface area contributed by atoms with Gasteiger partial charge in [0, 0.05) is 23.4 Å². The highest BCUT2D eigenvalue weighted by Gasteiger charge is 2.30. The van der Waals surface area contributed by atoms with E-state index in [1.165, 1.54) is 36.1 Å². The molecule has 0 saturated carbocycles. The molecule has 0 aliphatic carbocycles. The number of hydrogen-bond donors (Lipinski definition) is 3. The monoisotopic (exact) mass is 351 g/mol. The molecule has 2 amide bonds. The normalized spacial score (nSPS) is 11.4. The third kappa shape index (κ3) is 4.88. The van der Waals surface area contributed by atoms with Crippen molar-refractivity contribution in [2.45, 2.75) is 6.18 Å². The second-order valence-electron chi connectivity index (χ2n) is 4.81. The molecule has 9 heteroatoms. The number of carbonyl (C=O) groups is 2. The molecule has 1 aromatic carbocycles. The van der Waals surface area contributed by atoms with Crippen LogP contribution in [0.5, 0.6) is 0 Å². The summed E-state index contributed by atoms with van der Waals surface area (Å²) in [6, 6.07) is 5.45. The fraction of sp³-hybridized carbons (Fsp3) is 0.0625. The van der Waals surface area contributed by atoms with Crippen LogP contribution in [-0.4, -0.2) is 22.0 Å². The number of anilines is 1. The summed E-state index contributed by atoms with van der Waals surface area (Å²) < 4.78 is 38.2. The Labute approximate surface area is 140 Å². The zero-order valence-electron chi connectivity index (χ0n) is 12.5. The van der Waals surface area contributed by atoms with Crippen LogP contribution in [0.25, 0.3) is 6.08 Å². The van der Waals surface area contributed by atoms with E-state index < -0.39 is 23.6 Å². The summed E-state index contributed by atoms with van der Waals surface area (Å²) >= 11 is 0. The van der Waals surface area contributed by atoms with Gasteiger partial charge in [0.1, 0.15) is 0 Å². The Kier molecular flexibility index (Phi) is 5.50. The minimum atomic E-state index is -4.56. The van der Waals surface area contributed by atoms with Crippen LogP contribution in [0.15, 0.2) is 48.8 Å². The fourth-order valence-corrected chi connectivity index (χ4v) is 1.89. The minimum Gasteiger partial charge on any atom is -0.320 e. The molecule has 0 atom stereocenters. The molecule has 0 aliphatic rings. The summed E-state index contributed by atoms with van der Waals surface area (Å²) in [4.78, 5) is 27.0. The number of aromatic nitrogens is 1. The Morgan fingerprint density at radius 1 is 1.20 bits per heavy atom. The molecular weight excluding hydrogens is 339 g/mol. The highest BCUT2D eigenvalue weighted by molar-refractivity contribution is 6.05. The summed E-state index contributed by atoms with van der Waals surface area (Å²) in [5, 5.41) is 10.9. The molecule has 25 heavy (non-hydrogen) atoms. The van der Waals surface area contributed by atoms with Crippen molar-refractivity contribution in [2.75, 3.05) is 5.32 Å². The van der Waals surface area contributed by atoms with Gasteiger partial charge in [-0.3, -0.25) is 19.8 Å². The van der Waals surface area contributed by atoms with E-state index in [0.717, 1.165) is 24.3 Å². The van der Waals surface area contributed by atoms with Crippen molar-refractivity contribution in [1.29, 1.82) is 0 Å². The lowest BCUT2D eigenvalue weighted by Crippen LogP contribution is -2.15. The maximum atomic E-state index is 12.7. The van der Waals surface area contributed by atoms with Crippen molar-refractivity contribution in [1.82, 2.24) is 10.5 Å². The number of benzene rings is 1. The lowest BCUT2D eigenvalue weighted by atomic mass is 10.1. The topological polar surface area (TPSA) is 91.3 Å². The van der Waals surface area contributed by atoms with Crippen LogP contribution >= 0.6 is 0 Å². The molecule has 0 saturated heterocycles. The van der Waals surface area contributed by atoms with Gasteiger partial charge in [0.05, 0.1) is 17.4 Å². The largest absolute Gasteiger partial charge is 0.416 e. The number of hydrogen-bond acceptors (Lipinski definition) is 4. The Morgan fingerprint density at radius 3 is 2.64 bits per heavy atom. The van der Waals surface area contributed by atoms with E-state index in [0.29, 0.717) is 5.56 Å². The highest BCUT2D eigenvalue weighted by atomic mass is 19.4. The number of hydroxylamine groups is 1. The highest BCUT2D eigenvalue weighted by Crippen LogP contribution is 2.29. The number of nitrogens with zero attached hydrogens (tertiary/aromatic N) is 1. The van der Waals surface area contributed by atoms with Crippen molar-refractivity contribution in [3.05, 3.63) is 65.5 Å². The van der Waals surface area contributed by atoms with Crippen molar-refractivity contribution in [2.24, 2.45) is 0 Å². The van der Waals surface area contributed by atoms with E-state index in [9.17, 15) is 22.8 Å². The lowest BCUT2D eigenvalue weighted by molar-refractivity contribution is -0.137. The molecule has 130 valence electrons. The van der Waals surface area contributed by atoms with E-state index in [2.05, 4.69) is 10.3 Å². The predicted molar refractivity (Wildman–Crippen MR) is 82.6 cm³/mol. The first-order chi connectivity index (χ1) is 11.8. The van der Waals surface area contributed by atoms with E-state index in [-0.39, 0.29) is 11.3 Å². The molecule has 0 fully saturated rings. The van der Waals surface area contributed by atoms with Crippen LogP contribution in [0.1, 0.15) is 21.5 Å². The summed E-state index contributed by atoms with van der Waals surface area (Å²) in [6.45, 7) is 0. The Hall–Kier alpha value is -3.20. The zero-order valence-corrected chi connectivity index (χ0v) is 12.5. The van der Waals surface area contributed by atoms with E-state index in [4.69, 9.17) is 5.21 Å². The predicted octanol–water partition coefficient (Wildman–Crippen LogP) is 2.87. The first kappa shape index (κ1) is 18.1. The summed E-state index contributed by atoms with van der Waals surface area (Å²) in [5.74, 6) is -1.55. The molecule has 0 spiro atoms. The number of alkyl halides is 3. The number of pyridine rings is 1. The number of halogens is 3. The smallest absolute Gasteiger partial charge is 0.320 e. The van der Waals surface area contributed by atoms with Gasteiger partial charge in [0.25, 0.3) is 11.8 Å². The van der Waals surface area contributed by atoms with E-state index >= 15 is 0 Å². The number of nitrogens with one attached hydrogen (secondary N) is 2. The maximum absolute atomic E-state index is 12.7. The van der Waals surface area contributed by atoms with Gasteiger partial charge < -0.3 is 5.32 Å². The summed E-state index contributed by atoms with van der Waals surface area (Å²) in [7, 11) is 0. The number of carbonyl (C=O) groups excluding carboxylic acids is 2. The van der Waals surface area contributed by atoms with Gasteiger partial charge in [-0.05, 0) is 30.3 Å². The van der Waals surface area contributed by atoms with Crippen LogP contribution in [0.2, 0.25) is 0 Å². The van der Waals surface area contributed by atoms with Crippen molar-refractivity contribution < 1.29 is 28.0 Å². The maximum Gasteiger partial charge on any atom is 0.416 e. The van der Waals surface area contributed by atoms with Crippen LogP contribution < -0.4 is 10.8 Å². The van der Waals surface area contributed by atoms with Gasteiger partial charge in [0.2, 0.25) is 0 Å².